The summed E-state index contributed by atoms with van der Waals surface area (Å²) >= 11 is 0. The fourth-order valence-corrected chi connectivity index (χ4v) is 3.22. The lowest BCUT2D eigenvalue weighted by Gasteiger charge is -2.04. The van der Waals surface area contributed by atoms with E-state index < -0.39 is 0 Å². The van der Waals surface area contributed by atoms with Gasteiger partial charge in [0.15, 0.2) is 0 Å². The molecule has 3 heteroatoms. The molecule has 0 atom stereocenters. The number of aromatic amines is 1. The van der Waals surface area contributed by atoms with E-state index in [0.29, 0.717) is 18.4 Å². The molecule has 0 fully saturated rings. The molecule has 0 spiro atoms. The van der Waals surface area contributed by atoms with Crippen LogP contribution in [0.5, 0.6) is 0 Å². The van der Waals surface area contributed by atoms with E-state index in [1.54, 1.807) is 12.1 Å². The van der Waals surface area contributed by atoms with Gasteiger partial charge in [-0.25, -0.2) is 0 Å². The maximum absolute atomic E-state index is 12.4. The highest BCUT2D eigenvalue weighted by Crippen LogP contribution is 2.15. The third-order valence-corrected chi connectivity index (χ3v) is 4.77. The van der Waals surface area contributed by atoms with Crippen LogP contribution in [-0.2, 0) is 12.8 Å². The molecule has 1 heterocycles. The second-order valence-corrected chi connectivity index (χ2v) is 6.88. The van der Waals surface area contributed by atoms with Crippen LogP contribution in [0.15, 0.2) is 83.7 Å². The largest absolute Gasteiger partial charge is 0.322 e. The van der Waals surface area contributed by atoms with E-state index in [9.17, 15) is 4.79 Å². The number of hydrogen-bond donors (Lipinski definition) is 1. The van der Waals surface area contributed by atoms with Crippen LogP contribution in [-0.4, -0.2) is 4.98 Å². The Labute approximate surface area is 169 Å². The quantitative estimate of drug-likeness (QED) is 0.534. The minimum Gasteiger partial charge on any atom is -0.322 e. The van der Waals surface area contributed by atoms with E-state index in [4.69, 9.17) is 5.26 Å². The van der Waals surface area contributed by atoms with Gasteiger partial charge < -0.3 is 4.98 Å². The molecule has 29 heavy (non-hydrogen) atoms. The molecule has 1 N–H and O–H groups in total. The van der Waals surface area contributed by atoms with Gasteiger partial charge >= 0.3 is 0 Å². The van der Waals surface area contributed by atoms with Crippen LogP contribution in [0.1, 0.15) is 27.8 Å². The number of nitrogens with zero attached hydrogens (tertiary/aromatic N) is 1. The lowest BCUT2D eigenvalue weighted by atomic mass is 10.0. The molecule has 4 aromatic rings. The van der Waals surface area contributed by atoms with Crippen molar-refractivity contribution in [3.05, 3.63) is 117 Å². The SMILES string of the molecule is N#Cc1ccc(CC#Cc2ccc3[nH]c(=O)c(Cc4ccccc4)cc3c2)cc1. The molecule has 3 aromatic carbocycles. The Morgan fingerprint density at radius 3 is 2.34 bits per heavy atom. The molecule has 4 rings (SSSR count). The van der Waals surface area contributed by atoms with Crippen molar-refractivity contribution in [1.82, 2.24) is 4.98 Å². The van der Waals surface area contributed by atoms with Gasteiger partial charge in [0.2, 0.25) is 0 Å². The number of benzene rings is 3. The number of pyridine rings is 1. The molecule has 0 aliphatic heterocycles. The molecule has 0 radical (unpaired) electrons. The van der Waals surface area contributed by atoms with E-state index in [-0.39, 0.29) is 5.56 Å². The number of rotatable bonds is 3. The summed E-state index contributed by atoms with van der Waals surface area (Å²) in [6.07, 6.45) is 1.22. The summed E-state index contributed by atoms with van der Waals surface area (Å²) in [5.41, 5.74) is 5.24. The van der Waals surface area contributed by atoms with Crippen LogP contribution < -0.4 is 5.56 Å². The maximum atomic E-state index is 12.4. The molecule has 138 valence electrons. The fourth-order valence-electron chi connectivity index (χ4n) is 3.22. The monoisotopic (exact) mass is 374 g/mol. The van der Waals surface area contributed by atoms with Crippen molar-refractivity contribution in [2.75, 3.05) is 0 Å². The highest BCUT2D eigenvalue weighted by Gasteiger charge is 2.05. The van der Waals surface area contributed by atoms with E-state index in [1.807, 2.05) is 66.7 Å². The standard InChI is InChI=1S/C26H18N2O/c27-18-22-11-9-19(10-12-22)7-4-8-21-13-14-25-23(15-21)17-24(26(29)28-25)16-20-5-2-1-3-6-20/h1-3,5-6,9-15,17H,7,16H2,(H,28,29). The Morgan fingerprint density at radius 1 is 0.828 bits per heavy atom. The van der Waals surface area contributed by atoms with Crippen molar-refractivity contribution >= 4 is 10.9 Å². The number of hydrogen-bond acceptors (Lipinski definition) is 2. The summed E-state index contributed by atoms with van der Waals surface area (Å²) in [4.78, 5) is 15.4. The molecule has 0 aliphatic rings. The van der Waals surface area contributed by atoms with Gasteiger partial charge in [-0.1, -0.05) is 54.3 Å². The van der Waals surface area contributed by atoms with Crippen LogP contribution in [0.4, 0.5) is 0 Å². The van der Waals surface area contributed by atoms with Crippen molar-refractivity contribution < 1.29 is 0 Å². The first kappa shape index (κ1) is 18.3. The predicted molar refractivity (Wildman–Crippen MR) is 116 cm³/mol. The van der Waals surface area contributed by atoms with Gasteiger partial charge in [-0.3, -0.25) is 4.79 Å². The first-order valence-electron chi connectivity index (χ1n) is 9.39. The van der Waals surface area contributed by atoms with Gasteiger partial charge in [-0.05, 0) is 52.9 Å². The molecule has 0 amide bonds. The molecule has 1 aromatic heterocycles. The predicted octanol–water partition coefficient (Wildman–Crippen LogP) is 4.58. The number of H-pyrrole nitrogens is 1. The van der Waals surface area contributed by atoms with E-state index in [1.165, 1.54) is 0 Å². The van der Waals surface area contributed by atoms with Crippen molar-refractivity contribution in [2.45, 2.75) is 12.8 Å². The number of nitriles is 1. The molecule has 0 unspecified atom stereocenters. The number of nitrogens with one attached hydrogen (secondary N) is 1. The summed E-state index contributed by atoms with van der Waals surface area (Å²) in [6, 6.07) is 27.3. The maximum Gasteiger partial charge on any atom is 0.251 e. The van der Waals surface area contributed by atoms with Crippen LogP contribution in [0.3, 0.4) is 0 Å². The van der Waals surface area contributed by atoms with Crippen molar-refractivity contribution in [3.8, 4) is 17.9 Å². The van der Waals surface area contributed by atoms with Crippen LogP contribution >= 0.6 is 0 Å². The molecule has 3 nitrogen and oxygen atoms in total. The topological polar surface area (TPSA) is 56.6 Å². The van der Waals surface area contributed by atoms with Gasteiger partial charge in [0.1, 0.15) is 0 Å². The minimum atomic E-state index is -0.0546. The average molecular weight is 374 g/mol. The Kier molecular flexibility index (Phi) is 5.23. The second-order valence-electron chi connectivity index (χ2n) is 6.88. The van der Waals surface area contributed by atoms with Gasteiger partial charge in [-0.2, -0.15) is 5.26 Å². The molecule has 0 saturated carbocycles. The minimum absolute atomic E-state index is 0.0546. The molecule has 0 bridgehead atoms. The van der Waals surface area contributed by atoms with Gasteiger partial charge in [0.05, 0.1) is 11.6 Å². The Bertz CT molecular complexity index is 1320. The summed E-state index contributed by atoms with van der Waals surface area (Å²) in [5.74, 6) is 6.37. The van der Waals surface area contributed by atoms with Crippen molar-refractivity contribution in [3.63, 3.8) is 0 Å². The summed E-state index contributed by atoms with van der Waals surface area (Å²) in [5, 5.41) is 9.83. The normalized spacial score (nSPS) is 10.2. The third kappa shape index (κ3) is 4.43. The molecule has 0 saturated heterocycles. The number of aromatic nitrogens is 1. The summed E-state index contributed by atoms with van der Waals surface area (Å²) in [6.45, 7) is 0. The lowest BCUT2D eigenvalue weighted by molar-refractivity contribution is 1.12. The molecule has 0 aliphatic carbocycles. The highest BCUT2D eigenvalue weighted by atomic mass is 16.1. The third-order valence-electron chi connectivity index (χ3n) is 4.77. The lowest BCUT2D eigenvalue weighted by Crippen LogP contribution is -2.12. The average Bonchev–Trinajstić information content (AvgIpc) is 2.76. The highest BCUT2D eigenvalue weighted by molar-refractivity contribution is 5.80. The number of fused-ring (bicyclic) bond motifs is 1. The smallest absolute Gasteiger partial charge is 0.251 e. The molecular weight excluding hydrogens is 356 g/mol. The van der Waals surface area contributed by atoms with Gasteiger partial charge in [0, 0.05) is 29.5 Å². The van der Waals surface area contributed by atoms with Crippen LogP contribution in [0, 0.1) is 23.2 Å². The van der Waals surface area contributed by atoms with E-state index in [0.717, 1.165) is 33.2 Å². The summed E-state index contributed by atoms with van der Waals surface area (Å²) < 4.78 is 0. The van der Waals surface area contributed by atoms with E-state index >= 15 is 0 Å². The second kappa shape index (κ2) is 8.30. The van der Waals surface area contributed by atoms with Crippen LogP contribution in [0.25, 0.3) is 10.9 Å². The van der Waals surface area contributed by atoms with E-state index in [2.05, 4.69) is 22.9 Å². The van der Waals surface area contributed by atoms with Crippen LogP contribution in [0.2, 0.25) is 0 Å². The summed E-state index contributed by atoms with van der Waals surface area (Å²) in [7, 11) is 0. The molecular formula is C26H18N2O. The first-order valence-corrected chi connectivity index (χ1v) is 9.39. The van der Waals surface area contributed by atoms with Gasteiger partial charge in [0.25, 0.3) is 5.56 Å². The Hall–Kier alpha value is -4.08. The van der Waals surface area contributed by atoms with Crippen molar-refractivity contribution in [2.24, 2.45) is 0 Å². The van der Waals surface area contributed by atoms with Gasteiger partial charge in [-0.15, -0.1) is 0 Å². The first-order chi connectivity index (χ1) is 14.2. The Morgan fingerprint density at radius 2 is 1.59 bits per heavy atom. The Balaban J connectivity index is 1.57. The zero-order valence-electron chi connectivity index (χ0n) is 15.8. The fraction of sp³-hybridized carbons (Fsp3) is 0.0769. The zero-order chi connectivity index (χ0) is 20.1. The zero-order valence-corrected chi connectivity index (χ0v) is 15.8. The van der Waals surface area contributed by atoms with Crippen molar-refractivity contribution in [1.29, 1.82) is 5.26 Å².